The van der Waals surface area contributed by atoms with Crippen LogP contribution >= 0.6 is 0 Å². The van der Waals surface area contributed by atoms with Crippen LogP contribution in [0.3, 0.4) is 0 Å². The van der Waals surface area contributed by atoms with Crippen LogP contribution in [0.1, 0.15) is 182 Å². The van der Waals surface area contributed by atoms with Crippen molar-refractivity contribution in [3.8, 4) is 0 Å². The number of hydrogen-bond acceptors (Lipinski definition) is 7. The van der Waals surface area contributed by atoms with Crippen LogP contribution in [0, 0.1) is 0 Å². The number of unbranched alkanes of at least 4 members (excludes halogenated alkanes) is 18. The van der Waals surface area contributed by atoms with Gasteiger partial charge in [0.2, 0.25) is 12.6 Å². The predicted octanol–water partition coefficient (Wildman–Crippen LogP) is 12.1. The summed E-state index contributed by atoms with van der Waals surface area (Å²) in [6.07, 6.45) is 26.2. The molecule has 0 spiro atoms. The van der Waals surface area contributed by atoms with E-state index in [1.54, 1.807) is 28.4 Å². The van der Waals surface area contributed by atoms with Crippen molar-refractivity contribution in [1.82, 2.24) is 0 Å². The van der Waals surface area contributed by atoms with Crippen LogP contribution in [0.2, 0.25) is 0 Å². The number of hydrogen-bond donors (Lipinski definition) is 0. The normalized spacial score (nSPS) is 14.0. The van der Waals surface area contributed by atoms with Gasteiger partial charge in [-0.25, -0.2) is 0 Å². The van der Waals surface area contributed by atoms with E-state index in [2.05, 4.69) is 27.7 Å². The lowest BCUT2D eigenvalue weighted by molar-refractivity contribution is -0.240. The molecule has 0 fully saturated rings. The summed E-state index contributed by atoms with van der Waals surface area (Å²) in [6, 6.07) is 0. The molecule has 0 heterocycles. The minimum atomic E-state index is -0.802. The van der Waals surface area contributed by atoms with Crippen molar-refractivity contribution in [2.24, 2.45) is 0 Å². The summed E-state index contributed by atoms with van der Waals surface area (Å²) in [5.74, 6) is 2.65. The Labute approximate surface area is 291 Å². The molecule has 0 radical (unpaired) electrons. The first-order chi connectivity index (χ1) is 23.1. The van der Waals surface area contributed by atoms with E-state index in [0.717, 1.165) is 88.6 Å². The van der Waals surface area contributed by atoms with Gasteiger partial charge < -0.3 is 33.2 Å². The summed E-state index contributed by atoms with van der Waals surface area (Å²) in [4.78, 5) is 0. The van der Waals surface area contributed by atoms with E-state index < -0.39 is 12.6 Å². The molecule has 0 rings (SSSR count). The third-order valence-corrected chi connectivity index (χ3v) is 8.71. The van der Waals surface area contributed by atoms with Gasteiger partial charge in [0.1, 0.15) is 11.5 Å². The van der Waals surface area contributed by atoms with E-state index in [1.165, 1.54) is 77.0 Å². The van der Waals surface area contributed by atoms with Crippen LogP contribution in [0.25, 0.3) is 0 Å². The molecule has 2 unspecified atom stereocenters. The SMILES string of the molecule is CCCCCCCCCCC(OC)=C(OC)C(OCCCCC)OC(OCCCCC)C(OC)=C(CCCCCCCCCC)OC. The van der Waals surface area contributed by atoms with E-state index in [1.807, 2.05) is 0 Å². The molecule has 2 atom stereocenters. The van der Waals surface area contributed by atoms with Crippen LogP contribution in [0.4, 0.5) is 0 Å². The van der Waals surface area contributed by atoms with Gasteiger partial charge in [0.15, 0.2) is 11.5 Å². The highest BCUT2D eigenvalue weighted by atomic mass is 16.8. The first-order valence-electron chi connectivity index (χ1n) is 19.6. The molecule has 0 aromatic carbocycles. The minimum Gasteiger partial charge on any atom is -0.497 e. The Balaban J connectivity index is 5.94. The van der Waals surface area contributed by atoms with Crippen molar-refractivity contribution < 1.29 is 33.2 Å². The average molecular weight is 671 g/mol. The summed E-state index contributed by atoms with van der Waals surface area (Å²) in [7, 11) is 6.75. The third-order valence-electron chi connectivity index (χ3n) is 8.71. The Hall–Kier alpha value is -1.44. The maximum absolute atomic E-state index is 6.68. The van der Waals surface area contributed by atoms with E-state index >= 15 is 0 Å². The van der Waals surface area contributed by atoms with Crippen molar-refractivity contribution in [2.75, 3.05) is 41.7 Å². The zero-order valence-electron chi connectivity index (χ0n) is 32.4. The summed E-state index contributed by atoms with van der Waals surface area (Å²) >= 11 is 0. The molecule has 0 amide bonds. The quantitative estimate of drug-likeness (QED) is 0.0373. The lowest BCUT2D eigenvalue weighted by Gasteiger charge is -2.29. The van der Waals surface area contributed by atoms with Gasteiger partial charge in [-0.1, -0.05) is 143 Å². The molecule has 0 aliphatic heterocycles. The van der Waals surface area contributed by atoms with Crippen molar-refractivity contribution in [3.05, 3.63) is 23.0 Å². The Morgan fingerprint density at radius 3 is 0.957 bits per heavy atom. The van der Waals surface area contributed by atoms with Crippen molar-refractivity contribution >= 4 is 0 Å². The fourth-order valence-electron chi connectivity index (χ4n) is 5.72. The molecule has 0 N–H and O–H groups in total. The molecular formula is C40H78O7. The average Bonchev–Trinajstić information content (AvgIpc) is 3.09. The Morgan fingerprint density at radius 2 is 0.660 bits per heavy atom. The number of methoxy groups -OCH3 is 4. The van der Waals surface area contributed by atoms with Gasteiger partial charge >= 0.3 is 0 Å². The molecule has 0 bridgehead atoms. The lowest BCUT2D eigenvalue weighted by atomic mass is 10.1. The molecule has 47 heavy (non-hydrogen) atoms. The van der Waals surface area contributed by atoms with Crippen LogP contribution in [-0.4, -0.2) is 54.2 Å². The van der Waals surface area contributed by atoms with Gasteiger partial charge in [-0.3, -0.25) is 0 Å². The lowest BCUT2D eigenvalue weighted by Crippen LogP contribution is -2.33. The fraction of sp³-hybridized carbons (Fsp3) is 0.900. The Kier molecular flexibility index (Phi) is 33.4. The number of allylic oxidation sites excluding steroid dienone is 2. The summed E-state index contributed by atoms with van der Waals surface area (Å²) < 4.78 is 43.3. The van der Waals surface area contributed by atoms with Crippen LogP contribution in [0.5, 0.6) is 0 Å². The Bertz CT molecular complexity index is 676. The molecular weight excluding hydrogens is 592 g/mol. The van der Waals surface area contributed by atoms with Crippen LogP contribution in [-0.2, 0) is 33.2 Å². The summed E-state index contributed by atoms with van der Waals surface area (Å²) in [5, 5.41) is 0. The smallest absolute Gasteiger partial charge is 0.223 e. The highest BCUT2D eigenvalue weighted by Gasteiger charge is 2.31. The molecule has 0 aromatic rings. The van der Waals surface area contributed by atoms with Crippen molar-refractivity contribution in [3.63, 3.8) is 0 Å². The zero-order valence-corrected chi connectivity index (χ0v) is 32.4. The second-order valence-corrected chi connectivity index (χ2v) is 12.8. The van der Waals surface area contributed by atoms with Gasteiger partial charge in [-0.2, -0.15) is 0 Å². The molecule has 280 valence electrons. The van der Waals surface area contributed by atoms with Crippen molar-refractivity contribution in [2.45, 2.75) is 194 Å². The maximum atomic E-state index is 6.68. The second kappa shape index (κ2) is 34.4. The largest absolute Gasteiger partial charge is 0.497 e. The molecule has 7 heteroatoms. The molecule has 0 aromatic heterocycles. The predicted molar refractivity (Wildman–Crippen MR) is 196 cm³/mol. The summed E-state index contributed by atoms with van der Waals surface area (Å²) in [6.45, 7) is 10.00. The minimum absolute atomic E-state index is 0.546. The first kappa shape index (κ1) is 45.6. The van der Waals surface area contributed by atoms with E-state index in [4.69, 9.17) is 33.2 Å². The van der Waals surface area contributed by atoms with Crippen molar-refractivity contribution in [1.29, 1.82) is 0 Å². The summed E-state index contributed by atoms with van der Waals surface area (Å²) in [5.41, 5.74) is 0. The third kappa shape index (κ3) is 23.5. The maximum Gasteiger partial charge on any atom is 0.223 e. The first-order valence-corrected chi connectivity index (χ1v) is 19.6. The van der Waals surface area contributed by atoms with Gasteiger partial charge in [0.25, 0.3) is 0 Å². The van der Waals surface area contributed by atoms with Gasteiger partial charge in [0, 0.05) is 12.8 Å². The van der Waals surface area contributed by atoms with Gasteiger partial charge in [-0.05, 0) is 25.7 Å². The number of rotatable bonds is 36. The van der Waals surface area contributed by atoms with Gasteiger partial charge in [0.05, 0.1) is 41.7 Å². The Morgan fingerprint density at radius 1 is 0.362 bits per heavy atom. The highest BCUT2D eigenvalue weighted by Crippen LogP contribution is 2.27. The monoisotopic (exact) mass is 671 g/mol. The number of ether oxygens (including phenoxy) is 7. The second-order valence-electron chi connectivity index (χ2n) is 12.8. The van der Waals surface area contributed by atoms with Crippen LogP contribution < -0.4 is 0 Å². The molecule has 0 aliphatic rings. The zero-order chi connectivity index (χ0) is 34.8. The topological polar surface area (TPSA) is 64.6 Å². The standard InChI is InChI=1S/C40H78O7/c1-9-13-17-19-21-23-25-27-31-35(41-5)37(43-7)39(45-33-29-15-11-3)47-40(46-34-30-16-12-4)38(44-8)36(42-6)32-28-26-24-22-20-18-14-10-2/h39-40H,9-34H2,1-8H3. The van der Waals surface area contributed by atoms with E-state index in [9.17, 15) is 0 Å². The molecule has 7 nitrogen and oxygen atoms in total. The molecule has 0 saturated heterocycles. The van der Waals surface area contributed by atoms with Gasteiger partial charge in [-0.15, -0.1) is 0 Å². The highest BCUT2D eigenvalue weighted by molar-refractivity contribution is 5.08. The van der Waals surface area contributed by atoms with E-state index in [0.29, 0.717) is 24.7 Å². The molecule has 0 saturated carbocycles. The fourth-order valence-corrected chi connectivity index (χ4v) is 5.72. The van der Waals surface area contributed by atoms with E-state index in [-0.39, 0.29) is 0 Å². The molecule has 0 aliphatic carbocycles. The van der Waals surface area contributed by atoms with Crippen LogP contribution in [0.15, 0.2) is 23.0 Å².